The van der Waals surface area contributed by atoms with E-state index in [1.807, 2.05) is 36.4 Å². The van der Waals surface area contributed by atoms with Gasteiger partial charge in [-0.2, -0.15) is 0 Å². The molecule has 0 unspecified atom stereocenters. The molecule has 94 valence electrons. The number of fused-ring (bicyclic) bond motifs is 1. The first-order valence-corrected chi connectivity index (χ1v) is 7.37. The van der Waals surface area contributed by atoms with Crippen molar-refractivity contribution in [3.05, 3.63) is 60.9 Å². The molecule has 0 aliphatic heterocycles. The van der Waals surface area contributed by atoms with Crippen LogP contribution in [0.5, 0.6) is 0 Å². The summed E-state index contributed by atoms with van der Waals surface area (Å²) in [6, 6.07) is 13.0. The third kappa shape index (κ3) is 2.57. The zero-order chi connectivity index (χ0) is 13.4. The van der Waals surface area contributed by atoms with Gasteiger partial charge in [-0.25, -0.2) is 9.78 Å². The highest BCUT2D eigenvalue weighted by Gasteiger charge is 2.09. The Hall–Kier alpha value is -1.21. The van der Waals surface area contributed by atoms with Gasteiger partial charge in [-0.15, -0.1) is 0 Å². The fourth-order valence-corrected chi connectivity index (χ4v) is 2.68. The van der Waals surface area contributed by atoms with E-state index in [2.05, 4.69) is 43.5 Å². The molecule has 0 fully saturated rings. The zero-order valence-corrected chi connectivity index (χ0v) is 13.3. The Morgan fingerprint density at radius 1 is 1.16 bits per heavy atom. The van der Waals surface area contributed by atoms with Crippen LogP contribution in [0.2, 0.25) is 0 Å². The molecular weight excluding hydrogens is 421 g/mol. The molecule has 2 aromatic carbocycles. The maximum atomic E-state index is 12.0. The van der Waals surface area contributed by atoms with Crippen molar-refractivity contribution in [3.8, 4) is 11.5 Å². The van der Waals surface area contributed by atoms with Crippen LogP contribution in [0.15, 0.2) is 56.1 Å². The van der Waals surface area contributed by atoms with Crippen LogP contribution in [0.3, 0.4) is 0 Å². The third-order valence-electron chi connectivity index (χ3n) is 2.66. The lowest BCUT2D eigenvalue weighted by Crippen LogP contribution is -2.03. The topological polar surface area (TPSA) is 43.1 Å². The van der Waals surface area contributed by atoms with E-state index in [4.69, 9.17) is 4.42 Å². The molecule has 0 spiro atoms. The standard InChI is InChI=1S/C14H7BrINO2/c15-9-3-1-2-8(6-9)13-17-12-5-4-10(16)7-11(12)14(18)19-13/h1-7H. The van der Waals surface area contributed by atoms with Gasteiger partial charge in [0.1, 0.15) is 0 Å². The van der Waals surface area contributed by atoms with E-state index in [1.54, 1.807) is 6.07 Å². The first-order chi connectivity index (χ1) is 9.13. The Bertz CT molecular complexity index is 829. The molecule has 0 aliphatic rings. The van der Waals surface area contributed by atoms with Gasteiger partial charge >= 0.3 is 5.63 Å². The molecule has 1 heterocycles. The van der Waals surface area contributed by atoms with Gasteiger partial charge in [0.2, 0.25) is 5.89 Å². The van der Waals surface area contributed by atoms with Crippen LogP contribution in [-0.2, 0) is 0 Å². The zero-order valence-electron chi connectivity index (χ0n) is 9.56. The molecule has 0 N–H and O–H groups in total. The van der Waals surface area contributed by atoms with E-state index < -0.39 is 0 Å². The molecule has 0 amide bonds. The van der Waals surface area contributed by atoms with Crippen LogP contribution in [0.4, 0.5) is 0 Å². The number of aromatic nitrogens is 1. The van der Waals surface area contributed by atoms with Crippen molar-refractivity contribution >= 4 is 49.4 Å². The van der Waals surface area contributed by atoms with Gasteiger partial charge in [-0.3, -0.25) is 0 Å². The molecule has 5 heteroatoms. The van der Waals surface area contributed by atoms with Gasteiger partial charge in [-0.1, -0.05) is 22.0 Å². The quantitative estimate of drug-likeness (QED) is 0.546. The second kappa shape index (κ2) is 5.05. The molecule has 19 heavy (non-hydrogen) atoms. The van der Waals surface area contributed by atoms with E-state index in [9.17, 15) is 4.79 Å². The lowest BCUT2D eigenvalue weighted by molar-refractivity contribution is 0.518. The van der Waals surface area contributed by atoms with Crippen LogP contribution >= 0.6 is 38.5 Å². The number of nitrogens with zero attached hydrogens (tertiary/aromatic N) is 1. The third-order valence-corrected chi connectivity index (χ3v) is 3.83. The van der Waals surface area contributed by atoms with Crippen molar-refractivity contribution in [1.29, 1.82) is 0 Å². The first-order valence-electron chi connectivity index (χ1n) is 5.50. The maximum absolute atomic E-state index is 12.0. The minimum absolute atomic E-state index is 0.333. The Labute approximate surface area is 130 Å². The van der Waals surface area contributed by atoms with Crippen LogP contribution in [0.25, 0.3) is 22.4 Å². The van der Waals surface area contributed by atoms with Crippen molar-refractivity contribution < 1.29 is 4.42 Å². The second-order valence-corrected chi connectivity index (χ2v) is 6.14. The number of hydrogen-bond donors (Lipinski definition) is 0. The summed E-state index contributed by atoms with van der Waals surface area (Å²) in [6.07, 6.45) is 0. The van der Waals surface area contributed by atoms with Crippen molar-refractivity contribution in [3.63, 3.8) is 0 Å². The average Bonchev–Trinajstić information content (AvgIpc) is 2.39. The SMILES string of the molecule is O=c1oc(-c2cccc(Br)c2)nc2ccc(I)cc12. The molecule has 3 rings (SSSR count). The smallest absolute Gasteiger partial charge is 0.347 e. The van der Waals surface area contributed by atoms with E-state index in [0.29, 0.717) is 16.8 Å². The molecule has 0 saturated carbocycles. The van der Waals surface area contributed by atoms with Crippen molar-refractivity contribution in [1.82, 2.24) is 4.98 Å². The summed E-state index contributed by atoms with van der Waals surface area (Å²) < 4.78 is 7.19. The summed E-state index contributed by atoms with van der Waals surface area (Å²) in [5, 5.41) is 0.505. The fourth-order valence-electron chi connectivity index (χ4n) is 1.79. The monoisotopic (exact) mass is 427 g/mol. The number of hydrogen-bond acceptors (Lipinski definition) is 3. The molecular formula is C14H7BrINO2. The molecule has 1 aromatic heterocycles. The van der Waals surface area contributed by atoms with Gasteiger partial charge in [0.05, 0.1) is 10.9 Å². The Morgan fingerprint density at radius 2 is 2.00 bits per heavy atom. The summed E-state index contributed by atoms with van der Waals surface area (Å²) in [5.74, 6) is 0.333. The summed E-state index contributed by atoms with van der Waals surface area (Å²) >= 11 is 5.54. The van der Waals surface area contributed by atoms with E-state index >= 15 is 0 Å². The Kier molecular flexibility index (Phi) is 3.40. The molecule has 0 atom stereocenters. The number of rotatable bonds is 1. The minimum Gasteiger partial charge on any atom is -0.403 e. The summed E-state index contributed by atoms with van der Waals surface area (Å²) in [6.45, 7) is 0. The largest absolute Gasteiger partial charge is 0.403 e. The number of halogens is 2. The second-order valence-electron chi connectivity index (χ2n) is 3.98. The van der Waals surface area contributed by atoms with Gasteiger partial charge in [0.15, 0.2) is 0 Å². The summed E-state index contributed by atoms with van der Waals surface area (Å²) in [4.78, 5) is 16.4. The van der Waals surface area contributed by atoms with Gasteiger partial charge < -0.3 is 4.42 Å². The van der Waals surface area contributed by atoms with Crippen LogP contribution < -0.4 is 5.63 Å². The maximum Gasteiger partial charge on any atom is 0.347 e. The highest BCUT2D eigenvalue weighted by Crippen LogP contribution is 2.22. The minimum atomic E-state index is -0.363. The number of benzene rings is 2. The summed E-state index contributed by atoms with van der Waals surface area (Å²) in [7, 11) is 0. The van der Waals surface area contributed by atoms with Crippen LogP contribution in [0, 0.1) is 3.57 Å². The Morgan fingerprint density at radius 3 is 2.79 bits per heavy atom. The van der Waals surface area contributed by atoms with E-state index in [-0.39, 0.29) is 5.63 Å². The molecule has 3 aromatic rings. The van der Waals surface area contributed by atoms with E-state index in [0.717, 1.165) is 13.6 Å². The summed E-state index contributed by atoms with van der Waals surface area (Å²) in [5.41, 5.74) is 1.05. The molecule has 0 saturated heterocycles. The van der Waals surface area contributed by atoms with Crippen molar-refractivity contribution in [2.45, 2.75) is 0 Å². The predicted molar refractivity (Wildman–Crippen MR) is 86.1 cm³/mol. The predicted octanol–water partition coefficient (Wildman–Crippen LogP) is 4.22. The molecule has 0 aliphatic carbocycles. The van der Waals surface area contributed by atoms with Crippen molar-refractivity contribution in [2.75, 3.05) is 0 Å². The van der Waals surface area contributed by atoms with E-state index in [1.165, 1.54) is 0 Å². The van der Waals surface area contributed by atoms with Crippen molar-refractivity contribution in [2.24, 2.45) is 0 Å². The average molecular weight is 428 g/mol. The fraction of sp³-hybridized carbons (Fsp3) is 0. The van der Waals surface area contributed by atoms with Gasteiger partial charge in [0.25, 0.3) is 0 Å². The highest BCUT2D eigenvalue weighted by molar-refractivity contribution is 14.1. The molecule has 0 radical (unpaired) electrons. The highest BCUT2D eigenvalue weighted by atomic mass is 127. The lowest BCUT2D eigenvalue weighted by atomic mass is 10.2. The molecule has 0 bridgehead atoms. The van der Waals surface area contributed by atoms with Crippen LogP contribution in [-0.4, -0.2) is 4.98 Å². The molecule has 3 nitrogen and oxygen atoms in total. The Balaban J connectivity index is 2.27. The van der Waals surface area contributed by atoms with Gasteiger partial charge in [-0.05, 0) is 59.0 Å². The normalized spacial score (nSPS) is 10.8. The van der Waals surface area contributed by atoms with Crippen LogP contribution in [0.1, 0.15) is 0 Å². The first kappa shape index (κ1) is 12.8. The van der Waals surface area contributed by atoms with Gasteiger partial charge in [0, 0.05) is 13.6 Å². The lowest BCUT2D eigenvalue weighted by Gasteiger charge is -2.02.